The van der Waals surface area contributed by atoms with Gasteiger partial charge < -0.3 is 4.42 Å². The molecule has 1 N–H and O–H groups in total. The zero-order valence-corrected chi connectivity index (χ0v) is 19.5. The first-order valence-electron chi connectivity index (χ1n) is 8.56. The summed E-state index contributed by atoms with van der Waals surface area (Å²) in [4.78, 5) is 26.7. The average molecular weight is 569 g/mol. The van der Waals surface area contributed by atoms with E-state index < -0.39 is 11.8 Å². The number of nitrogens with zero attached hydrogens (tertiary/aromatic N) is 1. The number of anilines is 1. The largest absolute Gasteiger partial charge is 0.457 e. The van der Waals surface area contributed by atoms with Crippen molar-refractivity contribution >= 4 is 86.7 Å². The van der Waals surface area contributed by atoms with Crippen LogP contribution >= 0.6 is 58.0 Å². The Balaban J connectivity index is 1.70. The maximum atomic E-state index is 13.1. The molecule has 0 saturated carbocycles. The van der Waals surface area contributed by atoms with Crippen molar-refractivity contribution in [2.24, 2.45) is 0 Å². The molecular formula is C21H11Cl2IN2O3S. The van der Waals surface area contributed by atoms with Crippen LogP contribution in [0.2, 0.25) is 10.0 Å². The number of benzene rings is 2. The Morgan fingerprint density at radius 2 is 1.77 bits per heavy atom. The molecule has 30 heavy (non-hydrogen) atoms. The van der Waals surface area contributed by atoms with Crippen LogP contribution in [0.4, 0.5) is 5.69 Å². The molecule has 0 radical (unpaired) electrons. The minimum absolute atomic E-state index is 0.0784. The van der Waals surface area contributed by atoms with Crippen LogP contribution in [0.5, 0.6) is 0 Å². The summed E-state index contributed by atoms with van der Waals surface area (Å²) in [5.74, 6) is -0.272. The Kier molecular flexibility index (Phi) is 5.97. The van der Waals surface area contributed by atoms with Gasteiger partial charge in [-0.3, -0.25) is 19.8 Å². The Bertz CT molecular complexity index is 1220. The van der Waals surface area contributed by atoms with Gasteiger partial charge in [0.2, 0.25) is 0 Å². The number of halogens is 3. The fourth-order valence-corrected chi connectivity index (χ4v) is 3.90. The first kappa shape index (κ1) is 21.0. The second kappa shape index (κ2) is 8.50. The van der Waals surface area contributed by atoms with Gasteiger partial charge in [-0.05, 0) is 77.3 Å². The highest BCUT2D eigenvalue weighted by molar-refractivity contribution is 14.1. The molecule has 2 amide bonds. The minimum atomic E-state index is -0.625. The molecule has 4 rings (SSSR count). The number of thiocarbonyl (C=S) groups is 1. The maximum absolute atomic E-state index is 13.1. The lowest BCUT2D eigenvalue weighted by atomic mass is 10.1. The molecule has 1 fully saturated rings. The molecule has 3 aromatic rings. The fourth-order valence-electron chi connectivity index (χ4n) is 2.88. The van der Waals surface area contributed by atoms with Gasteiger partial charge in [0.15, 0.2) is 5.11 Å². The lowest BCUT2D eigenvalue weighted by molar-refractivity contribution is -0.122. The highest BCUT2D eigenvalue weighted by Gasteiger charge is 2.36. The van der Waals surface area contributed by atoms with Gasteiger partial charge in [-0.2, -0.15) is 0 Å². The zero-order valence-electron chi connectivity index (χ0n) is 15.0. The van der Waals surface area contributed by atoms with Crippen molar-refractivity contribution in [1.82, 2.24) is 5.32 Å². The highest BCUT2D eigenvalue weighted by Crippen LogP contribution is 2.34. The lowest BCUT2D eigenvalue weighted by Gasteiger charge is -2.29. The third-order valence-corrected chi connectivity index (χ3v) is 6.13. The molecule has 0 spiro atoms. The summed E-state index contributed by atoms with van der Waals surface area (Å²) in [5, 5.41) is 2.85. The number of amides is 2. The average Bonchev–Trinajstić information content (AvgIpc) is 3.17. The lowest BCUT2D eigenvalue weighted by Crippen LogP contribution is -2.54. The molecule has 1 aliphatic heterocycles. The van der Waals surface area contributed by atoms with Crippen LogP contribution in [-0.4, -0.2) is 16.9 Å². The Hall–Kier alpha value is -2.20. The molecular weight excluding hydrogens is 558 g/mol. The second-order valence-electron chi connectivity index (χ2n) is 6.24. The summed E-state index contributed by atoms with van der Waals surface area (Å²) in [7, 11) is 0. The van der Waals surface area contributed by atoms with Gasteiger partial charge in [-0.25, -0.2) is 0 Å². The molecule has 2 aromatic carbocycles. The van der Waals surface area contributed by atoms with Crippen LogP contribution in [0.15, 0.2) is 64.6 Å². The Labute approximate surface area is 200 Å². The Morgan fingerprint density at radius 1 is 1.03 bits per heavy atom. The first-order valence-corrected chi connectivity index (χ1v) is 10.8. The summed E-state index contributed by atoms with van der Waals surface area (Å²) in [5.41, 5.74) is 1.03. The summed E-state index contributed by atoms with van der Waals surface area (Å²) in [6, 6.07) is 16.1. The quantitative estimate of drug-likeness (QED) is 0.191. The third kappa shape index (κ3) is 4.02. The van der Waals surface area contributed by atoms with E-state index in [-0.39, 0.29) is 26.4 Å². The van der Waals surface area contributed by atoms with E-state index in [1.807, 2.05) is 24.3 Å². The van der Waals surface area contributed by atoms with Crippen molar-refractivity contribution in [2.45, 2.75) is 0 Å². The molecule has 0 unspecified atom stereocenters. The van der Waals surface area contributed by atoms with Gasteiger partial charge in [0.1, 0.15) is 17.1 Å². The molecule has 2 heterocycles. The number of hydrogen-bond donors (Lipinski definition) is 1. The molecule has 1 aliphatic rings. The maximum Gasteiger partial charge on any atom is 0.270 e. The van der Waals surface area contributed by atoms with Crippen LogP contribution in [0.1, 0.15) is 5.76 Å². The molecule has 5 nitrogen and oxygen atoms in total. The predicted molar refractivity (Wildman–Crippen MR) is 130 cm³/mol. The van der Waals surface area contributed by atoms with Crippen molar-refractivity contribution in [3.05, 3.63) is 79.5 Å². The minimum Gasteiger partial charge on any atom is -0.457 e. The molecule has 1 saturated heterocycles. The summed E-state index contributed by atoms with van der Waals surface area (Å²) in [6.07, 6.45) is 1.38. The summed E-state index contributed by atoms with van der Waals surface area (Å²) >= 11 is 19.7. The van der Waals surface area contributed by atoms with Gasteiger partial charge in [0.25, 0.3) is 11.8 Å². The van der Waals surface area contributed by atoms with E-state index in [2.05, 4.69) is 27.9 Å². The molecule has 9 heteroatoms. The van der Waals surface area contributed by atoms with Crippen LogP contribution in [-0.2, 0) is 9.59 Å². The van der Waals surface area contributed by atoms with Crippen molar-refractivity contribution in [1.29, 1.82) is 0 Å². The zero-order chi connectivity index (χ0) is 21.4. The normalized spacial score (nSPS) is 15.6. The number of rotatable bonds is 3. The molecule has 150 valence electrons. The van der Waals surface area contributed by atoms with Crippen LogP contribution in [0, 0.1) is 3.57 Å². The Morgan fingerprint density at radius 3 is 2.50 bits per heavy atom. The monoisotopic (exact) mass is 568 g/mol. The number of furan rings is 1. The van der Waals surface area contributed by atoms with E-state index >= 15 is 0 Å². The van der Waals surface area contributed by atoms with Gasteiger partial charge in [0, 0.05) is 9.13 Å². The topological polar surface area (TPSA) is 62.6 Å². The van der Waals surface area contributed by atoms with E-state index in [4.69, 9.17) is 39.8 Å². The van der Waals surface area contributed by atoms with Crippen molar-refractivity contribution in [2.75, 3.05) is 4.90 Å². The smallest absolute Gasteiger partial charge is 0.270 e. The van der Waals surface area contributed by atoms with Crippen LogP contribution < -0.4 is 10.2 Å². The van der Waals surface area contributed by atoms with Crippen molar-refractivity contribution < 1.29 is 14.0 Å². The van der Waals surface area contributed by atoms with Gasteiger partial charge in [-0.1, -0.05) is 41.4 Å². The van der Waals surface area contributed by atoms with E-state index in [0.717, 1.165) is 14.0 Å². The standard InChI is InChI=1S/C21H11Cl2IN2O3S/c22-15-2-1-3-16(18(15)23)26-20(28)14(19(27)25-21(26)30)10-13-8-9-17(29-13)11-4-6-12(24)7-5-11/h1-10H,(H,25,27,30)/b14-10+. The number of carbonyl (C=O) groups is 2. The van der Waals surface area contributed by atoms with Crippen molar-refractivity contribution in [3.8, 4) is 11.3 Å². The molecule has 0 aliphatic carbocycles. The van der Waals surface area contributed by atoms with E-state index in [1.54, 1.807) is 30.3 Å². The van der Waals surface area contributed by atoms with Crippen LogP contribution in [0.25, 0.3) is 17.4 Å². The predicted octanol–water partition coefficient (Wildman–Crippen LogP) is 5.69. The second-order valence-corrected chi connectivity index (χ2v) is 8.66. The number of hydrogen-bond acceptors (Lipinski definition) is 4. The van der Waals surface area contributed by atoms with E-state index in [1.165, 1.54) is 6.08 Å². The summed E-state index contributed by atoms with van der Waals surface area (Å²) < 4.78 is 6.91. The van der Waals surface area contributed by atoms with Gasteiger partial charge in [-0.15, -0.1) is 0 Å². The van der Waals surface area contributed by atoms with E-state index in [0.29, 0.717) is 11.5 Å². The van der Waals surface area contributed by atoms with Gasteiger partial charge >= 0.3 is 0 Å². The number of carbonyl (C=O) groups excluding carboxylic acids is 2. The SMILES string of the molecule is O=C1NC(=S)N(c2cccc(Cl)c2Cl)C(=O)/C1=C/c1ccc(-c2ccc(I)cc2)o1. The first-order chi connectivity index (χ1) is 14.3. The molecule has 0 atom stereocenters. The third-order valence-electron chi connectivity index (χ3n) is 4.32. The van der Waals surface area contributed by atoms with Crippen molar-refractivity contribution in [3.63, 3.8) is 0 Å². The highest BCUT2D eigenvalue weighted by atomic mass is 127. The fraction of sp³-hybridized carbons (Fsp3) is 0. The number of nitrogens with one attached hydrogen (secondary N) is 1. The molecule has 1 aromatic heterocycles. The summed E-state index contributed by atoms with van der Waals surface area (Å²) in [6.45, 7) is 0. The van der Waals surface area contributed by atoms with Crippen LogP contribution in [0.3, 0.4) is 0 Å². The van der Waals surface area contributed by atoms with E-state index in [9.17, 15) is 9.59 Å². The molecule has 0 bridgehead atoms. The van der Waals surface area contributed by atoms with Gasteiger partial charge in [0.05, 0.1) is 15.7 Å².